The van der Waals surface area contributed by atoms with E-state index in [1.807, 2.05) is 6.92 Å². The summed E-state index contributed by atoms with van der Waals surface area (Å²) in [7, 11) is 0. The second kappa shape index (κ2) is 11.5. The van der Waals surface area contributed by atoms with Gasteiger partial charge in [-0.2, -0.15) is 0 Å². The van der Waals surface area contributed by atoms with E-state index in [0.29, 0.717) is 17.6 Å². The van der Waals surface area contributed by atoms with Crippen molar-refractivity contribution in [3.63, 3.8) is 0 Å². The fourth-order valence-electron chi connectivity index (χ4n) is 4.08. The molecule has 0 aromatic rings. The molecule has 2 fully saturated rings. The fourth-order valence-corrected chi connectivity index (χ4v) is 4.08. The summed E-state index contributed by atoms with van der Waals surface area (Å²) in [5.74, 6) is 0.954. The number of ether oxygens (including phenoxy) is 2. The van der Waals surface area contributed by atoms with Crippen LogP contribution in [0.5, 0.6) is 0 Å². The Balaban J connectivity index is 0.00000288. The first kappa shape index (κ1) is 22.0. The van der Waals surface area contributed by atoms with Gasteiger partial charge in [0.25, 0.3) is 0 Å². The largest absolute Gasteiger partial charge is 0.382 e. The van der Waals surface area contributed by atoms with E-state index in [1.165, 1.54) is 25.7 Å². The lowest BCUT2D eigenvalue weighted by atomic mass is 9.60. The lowest BCUT2D eigenvalue weighted by Gasteiger charge is -2.54. The molecule has 0 aromatic heterocycles. The summed E-state index contributed by atoms with van der Waals surface area (Å²) in [5.41, 5.74) is 0.345. The van der Waals surface area contributed by atoms with Crippen LogP contribution in [0.2, 0.25) is 0 Å². The average Bonchev–Trinajstić information content (AvgIpc) is 3.06. The maximum atomic E-state index is 6.00. The Bertz CT molecular complexity index is 373. The minimum absolute atomic E-state index is 0. The number of guanidine groups is 1. The average molecular weight is 453 g/mol. The Labute approximate surface area is 164 Å². The fraction of sp³-hybridized carbons (Fsp3) is 0.944. The lowest BCUT2D eigenvalue weighted by Crippen LogP contribution is -2.65. The predicted octanol–water partition coefficient (Wildman–Crippen LogP) is 3.32. The summed E-state index contributed by atoms with van der Waals surface area (Å²) in [6.07, 6.45) is 7.78. The molecule has 1 spiro atoms. The topological polar surface area (TPSA) is 54.9 Å². The van der Waals surface area contributed by atoms with Crippen molar-refractivity contribution in [1.82, 2.24) is 10.6 Å². The number of rotatable bonds is 9. The molecule has 0 bridgehead atoms. The Morgan fingerprint density at radius 3 is 2.54 bits per heavy atom. The Morgan fingerprint density at radius 2 is 1.92 bits per heavy atom. The normalized spacial score (nSPS) is 25.2. The van der Waals surface area contributed by atoms with Crippen molar-refractivity contribution in [2.45, 2.75) is 71.4 Å². The molecule has 24 heavy (non-hydrogen) atoms. The number of hydrogen-bond donors (Lipinski definition) is 2. The van der Waals surface area contributed by atoms with E-state index in [4.69, 9.17) is 14.5 Å². The highest BCUT2D eigenvalue weighted by Gasteiger charge is 2.56. The second-order valence-electron chi connectivity index (χ2n) is 6.63. The van der Waals surface area contributed by atoms with Crippen LogP contribution in [0.15, 0.2) is 4.99 Å². The van der Waals surface area contributed by atoms with Gasteiger partial charge in [0.15, 0.2) is 5.96 Å². The monoisotopic (exact) mass is 453 g/mol. The van der Waals surface area contributed by atoms with Crippen molar-refractivity contribution >= 4 is 29.9 Å². The second-order valence-corrected chi connectivity index (χ2v) is 6.63. The number of nitrogens with one attached hydrogen (secondary N) is 2. The van der Waals surface area contributed by atoms with Gasteiger partial charge in [-0.1, -0.05) is 12.8 Å². The van der Waals surface area contributed by atoms with Crippen LogP contribution in [0.1, 0.15) is 59.3 Å². The summed E-state index contributed by atoms with van der Waals surface area (Å²) < 4.78 is 11.4. The van der Waals surface area contributed by atoms with E-state index >= 15 is 0 Å². The molecule has 2 unspecified atom stereocenters. The number of nitrogens with zero attached hydrogens (tertiary/aromatic N) is 1. The smallest absolute Gasteiger partial charge is 0.191 e. The van der Waals surface area contributed by atoms with Gasteiger partial charge in [0, 0.05) is 44.4 Å². The third kappa shape index (κ3) is 5.46. The lowest BCUT2D eigenvalue weighted by molar-refractivity contribution is -0.125. The van der Waals surface area contributed by atoms with Crippen LogP contribution in [0.25, 0.3) is 0 Å². The van der Waals surface area contributed by atoms with Crippen LogP contribution >= 0.6 is 24.0 Å². The molecule has 2 aliphatic carbocycles. The third-order valence-electron chi connectivity index (χ3n) is 5.26. The summed E-state index contributed by atoms with van der Waals surface area (Å²) >= 11 is 0. The summed E-state index contributed by atoms with van der Waals surface area (Å²) in [6, 6.07) is 0.506. The standard InChI is InChI=1S/C18H35N3O2.HI/c1-4-19-17(20-12-9-13-22-5-2)21-15-14-16(23-6-3)18(15)10-7-8-11-18;/h15-16H,4-14H2,1-3H3,(H2,19,20,21);1H. The first-order chi connectivity index (χ1) is 11.3. The van der Waals surface area contributed by atoms with Gasteiger partial charge in [-0.25, -0.2) is 0 Å². The third-order valence-corrected chi connectivity index (χ3v) is 5.26. The van der Waals surface area contributed by atoms with E-state index in [2.05, 4.69) is 24.5 Å². The highest BCUT2D eigenvalue weighted by atomic mass is 127. The maximum Gasteiger partial charge on any atom is 0.191 e. The molecule has 2 N–H and O–H groups in total. The highest BCUT2D eigenvalue weighted by Crippen LogP contribution is 2.54. The van der Waals surface area contributed by atoms with E-state index in [9.17, 15) is 0 Å². The van der Waals surface area contributed by atoms with Crippen LogP contribution in [0.3, 0.4) is 0 Å². The quantitative estimate of drug-likeness (QED) is 0.244. The summed E-state index contributed by atoms with van der Waals surface area (Å²) in [4.78, 5) is 4.71. The highest BCUT2D eigenvalue weighted by molar-refractivity contribution is 14.0. The van der Waals surface area contributed by atoms with Gasteiger partial charge in [-0.3, -0.25) is 4.99 Å². The minimum Gasteiger partial charge on any atom is -0.382 e. The van der Waals surface area contributed by atoms with Crippen LogP contribution in [0.4, 0.5) is 0 Å². The van der Waals surface area contributed by atoms with Gasteiger partial charge in [0.1, 0.15) is 0 Å². The van der Waals surface area contributed by atoms with Crippen molar-refractivity contribution in [1.29, 1.82) is 0 Å². The molecule has 6 heteroatoms. The first-order valence-corrected chi connectivity index (χ1v) is 9.51. The van der Waals surface area contributed by atoms with Crippen molar-refractivity contribution < 1.29 is 9.47 Å². The molecule has 0 amide bonds. The van der Waals surface area contributed by atoms with Crippen molar-refractivity contribution in [2.75, 3.05) is 32.9 Å². The number of hydrogen-bond acceptors (Lipinski definition) is 3. The predicted molar refractivity (Wildman–Crippen MR) is 110 cm³/mol. The molecule has 0 radical (unpaired) electrons. The minimum atomic E-state index is 0. The molecular formula is C18H36IN3O2. The van der Waals surface area contributed by atoms with E-state index < -0.39 is 0 Å². The van der Waals surface area contributed by atoms with Gasteiger partial charge >= 0.3 is 0 Å². The SMILES string of the molecule is CCNC(=NCCCOCC)NC1CC(OCC)C12CCCC2.I. The van der Waals surface area contributed by atoms with Crippen molar-refractivity contribution in [3.8, 4) is 0 Å². The van der Waals surface area contributed by atoms with Gasteiger partial charge in [0.2, 0.25) is 0 Å². The van der Waals surface area contributed by atoms with Gasteiger partial charge in [0.05, 0.1) is 6.10 Å². The summed E-state index contributed by atoms with van der Waals surface area (Å²) in [5, 5.41) is 7.07. The molecule has 142 valence electrons. The van der Waals surface area contributed by atoms with Crippen molar-refractivity contribution in [3.05, 3.63) is 0 Å². The molecular weight excluding hydrogens is 417 g/mol. The van der Waals surface area contributed by atoms with Gasteiger partial charge in [-0.05, 0) is 46.5 Å². The molecule has 0 heterocycles. The zero-order valence-electron chi connectivity index (χ0n) is 15.6. The summed E-state index contributed by atoms with van der Waals surface area (Å²) in [6.45, 7) is 10.4. The van der Waals surface area contributed by atoms with Gasteiger partial charge < -0.3 is 20.1 Å². The number of aliphatic imine (C=N–C) groups is 1. The van der Waals surface area contributed by atoms with E-state index in [-0.39, 0.29) is 24.0 Å². The molecule has 2 saturated carbocycles. The van der Waals surface area contributed by atoms with E-state index in [0.717, 1.165) is 51.7 Å². The Kier molecular flexibility index (Phi) is 10.5. The first-order valence-electron chi connectivity index (χ1n) is 9.51. The zero-order chi connectivity index (χ0) is 16.5. The maximum absolute atomic E-state index is 6.00. The van der Waals surface area contributed by atoms with Crippen LogP contribution in [-0.2, 0) is 9.47 Å². The van der Waals surface area contributed by atoms with Crippen LogP contribution in [-0.4, -0.2) is 51.0 Å². The molecule has 0 saturated heterocycles. The molecule has 2 aliphatic rings. The Morgan fingerprint density at radius 1 is 1.17 bits per heavy atom. The van der Waals surface area contributed by atoms with E-state index in [1.54, 1.807) is 0 Å². The van der Waals surface area contributed by atoms with Crippen molar-refractivity contribution in [2.24, 2.45) is 10.4 Å². The molecule has 0 aliphatic heterocycles. The van der Waals surface area contributed by atoms with Crippen LogP contribution < -0.4 is 10.6 Å². The molecule has 0 aromatic carbocycles. The zero-order valence-corrected chi connectivity index (χ0v) is 17.9. The molecule has 2 atom stereocenters. The number of halogens is 1. The molecule has 5 nitrogen and oxygen atoms in total. The Hall–Kier alpha value is -0.0800. The van der Waals surface area contributed by atoms with Gasteiger partial charge in [-0.15, -0.1) is 24.0 Å². The molecule has 2 rings (SSSR count). The van der Waals surface area contributed by atoms with Crippen LogP contribution in [0, 0.1) is 5.41 Å².